The summed E-state index contributed by atoms with van der Waals surface area (Å²) in [5.74, 6) is 1.58. The summed E-state index contributed by atoms with van der Waals surface area (Å²) in [5.41, 5.74) is 2.50. The Morgan fingerprint density at radius 3 is 2.58 bits per heavy atom. The van der Waals surface area contributed by atoms with Gasteiger partial charge in [0.15, 0.2) is 11.6 Å². The van der Waals surface area contributed by atoms with Crippen LogP contribution in [0.15, 0.2) is 42.6 Å². The number of pyridine rings is 1. The summed E-state index contributed by atoms with van der Waals surface area (Å²) in [4.78, 5) is 4.33. The van der Waals surface area contributed by atoms with Crippen LogP contribution in [0.5, 0.6) is 5.75 Å². The molecule has 0 fully saturated rings. The third kappa shape index (κ3) is 3.98. The fourth-order valence-corrected chi connectivity index (χ4v) is 1.76. The number of hydrogen-bond acceptors (Lipinski definition) is 3. The molecule has 3 heteroatoms. The fraction of sp³-hybridized carbons (Fsp3) is 0.312. The molecule has 1 heterocycles. The van der Waals surface area contributed by atoms with Gasteiger partial charge in [-0.25, -0.2) is 4.98 Å². The lowest BCUT2D eigenvalue weighted by atomic mass is 10.1. The number of aryl methyl sites for hydroxylation is 1. The number of benzene rings is 1. The first kappa shape index (κ1) is 13.4. The Kier molecular flexibility index (Phi) is 4.39. The van der Waals surface area contributed by atoms with Crippen molar-refractivity contribution in [3.05, 3.63) is 53.7 Å². The first-order chi connectivity index (χ1) is 9.15. The maximum atomic E-state index is 5.73. The fourth-order valence-electron chi connectivity index (χ4n) is 1.76. The molecule has 0 saturated heterocycles. The summed E-state index contributed by atoms with van der Waals surface area (Å²) in [6.07, 6.45) is 1.91. The lowest BCUT2D eigenvalue weighted by Gasteiger charge is -2.14. The lowest BCUT2D eigenvalue weighted by Crippen LogP contribution is -2.09. The number of hydrogen-bond donors (Lipinski definition) is 1. The maximum absolute atomic E-state index is 5.73. The molecule has 0 amide bonds. The van der Waals surface area contributed by atoms with Gasteiger partial charge in [0.1, 0.15) is 0 Å². The average Bonchev–Trinajstić information content (AvgIpc) is 2.39. The van der Waals surface area contributed by atoms with Crippen molar-refractivity contribution in [1.29, 1.82) is 0 Å². The van der Waals surface area contributed by atoms with E-state index in [9.17, 15) is 0 Å². The van der Waals surface area contributed by atoms with Crippen molar-refractivity contribution in [2.24, 2.45) is 0 Å². The molecular formula is C16H20N2O. The lowest BCUT2D eigenvalue weighted by molar-refractivity contribution is 0.243. The molecule has 0 bridgehead atoms. The Hall–Kier alpha value is -2.03. The van der Waals surface area contributed by atoms with Crippen LogP contribution in [0.3, 0.4) is 0 Å². The number of nitrogens with zero attached hydrogens (tertiary/aromatic N) is 1. The topological polar surface area (TPSA) is 34.2 Å². The molecule has 2 aromatic rings. The Labute approximate surface area is 114 Å². The zero-order valence-corrected chi connectivity index (χ0v) is 11.7. The highest BCUT2D eigenvalue weighted by Gasteiger charge is 2.05. The second-order valence-corrected chi connectivity index (χ2v) is 4.86. The van der Waals surface area contributed by atoms with E-state index in [4.69, 9.17) is 4.74 Å². The molecule has 0 spiro atoms. The van der Waals surface area contributed by atoms with Gasteiger partial charge in [-0.1, -0.05) is 29.8 Å². The van der Waals surface area contributed by atoms with E-state index in [1.165, 1.54) is 11.1 Å². The zero-order valence-electron chi connectivity index (χ0n) is 11.7. The van der Waals surface area contributed by atoms with Crippen LogP contribution >= 0.6 is 0 Å². The third-order valence-corrected chi connectivity index (χ3v) is 2.71. The zero-order chi connectivity index (χ0) is 13.7. The molecule has 0 saturated carbocycles. The molecule has 2 rings (SSSR count). The van der Waals surface area contributed by atoms with Crippen molar-refractivity contribution >= 4 is 5.82 Å². The molecule has 0 aliphatic heterocycles. The van der Waals surface area contributed by atoms with Crippen molar-refractivity contribution in [2.75, 3.05) is 5.32 Å². The van der Waals surface area contributed by atoms with Crippen LogP contribution in [0.25, 0.3) is 0 Å². The minimum absolute atomic E-state index is 0.143. The molecule has 3 nitrogen and oxygen atoms in total. The Bertz CT molecular complexity index is 521. The van der Waals surface area contributed by atoms with Crippen molar-refractivity contribution < 1.29 is 4.74 Å². The Morgan fingerprint density at radius 2 is 1.89 bits per heavy atom. The molecule has 0 unspecified atom stereocenters. The molecule has 19 heavy (non-hydrogen) atoms. The molecule has 1 N–H and O–H groups in total. The normalized spacial score (nSPS) is 10.5. The van der Waals surface area contributed by atoms with Gasteiger partial charge in [-0.2, -0.15) is 0 Å². The van der Waals surface area contributed by atoms with Gasteiger partial charge in [0.25, 0.3) is 0 Å². The minimum atomic E-state index is 0.143. The molecule has 0 aliphatic rings. The van der Waals surface area contributed by atoms with Crippen molar-refractivity contribution in [3.8, 4) is 5.75 Å². The number of anilines is 1. The molecular weight excluding hydrogens is 236 g/mol. The standard InChI is InChI=1S/C16H20N2O/c1-12(2)19-15-5-4-10-17-16(15)18-11-14-8-6-13(3)7-9-14/h4-10,12H,11H2,1-3H3,(H,17,18). The summed E-state index contributed by atoms with van der Waals surface area (Å²) in [7, 11) is 0. The van der Waals surface area contributed by atoms with Gasteiger partial charge in [0.2, 0.25) is 0 Å². The summed E-state index contributed by atoms with van der Waals surface area (Å²) in [5, 5.41) is 3.32. The van der Waals surface area contributed by atoms with Crippen LogP contribution in [-0.4, -0.2) is 11.1 Å². The van der Waals surface area contributed by atoms with Crippen LogP contribution in [-0.2, 0) is 6.54 Å². The second kappa shape index (κ2) is 6.23. The van der Waals surface area contributed by atoms with E-state index in [-0.39, 0.29) is 6.10 Å². The van der Waals surface area contributed by atoms with E-state index in [1.54, 1.807) is 6.20 Å². The number of ether oxygens (including phenoxy) is 1. The molecule has 0 aliphatic carbocycles. The number of nitrogens with one attached hydrogen (secondary N) is 1. The molecule has 0 atom stereocenters. The van der Waals surface area contributed by atoms with E-state index < -0.39 is 0 Å². The first-order valence-corrected chi connectivity index (χ1v) is 6.56. The van der Waals surface area contributed by atoms with Gasteiger partial charge in [-0.05, 0) is 38.5 Å². The number of rotatable bonds is 5. The summed E-state index contributed by atoms with van der Waals surface area (Å²) in [6, 6.07) is 12.3. The van der Waals surface area contributed by atoms with Gasteiger partial charge < -0.3 is 10.1 Å². The van der Waals surface area contributed by atoms with Crippen LogP contribution in [0, 0.1) is 6.92 Å². The quantitative estimate of drug-likeness (QED) is 0.883. The van der Waals surface area contributed by atoms with Gasteiger partial charge in [-0.15, -0.1) is 0 Å². The molecule has 100 valence electrons. The monoisotopic (exact) mass is 256 g/mol. The summed E-state index contributed by atoms with van der Waals surface area (Å²) < 4.78 is 5.73. The average molecular weight is 256 g/mol. The van der Waals surface area contributed by atoms with Crippen LogP contribution in [0.2, 0.25) is 0 Å². The van der Waals surface area contributed by atoms with E-state index >= 15 is 0 Å². The highest BCUT2D eigenvalue weighted by atomic mass is 16.5. The van der Waals surface area contributed by atoms with Crippen molar-refractivity contribution in [1.82, 2.24) is 4.98 Å². The molecule has 0 radical (unpaired) electrons. The smallest absolute Gasteiger partial charge is 0.169 e. The van der Waals surface area contributed by atoms with E-state index in [1.807, 2.05) is 26.0 Å². The Morgan fingerprint density at radius 1 is 1.16 bits per heavy atom. The number of aromatic nitrogens is 1. The van der Waals surface area contributed by atoms with E-state index in [0.717, 1.165) is 18.1 Å². The highest BCUT2D eigenvalue weighted by molar-refractivity contribution is 5.49. The van der Waals surface area contributed by atoms with E-state index in [2.05, 4.69) is 41.5 Å². The van der Waals surface area contributed by atoms with Crippen molar-refractivity contribution in [2.45, 2.75) is 33.4 Å². The Balaban J connectivity index is 2.04. The van der Waals surface area contributed by atoms with Crippen LogP contribution in [0.1, 0.15) is 25.0 Å². The largest absolute Gasteiger partial charge is 0.487 e. The van der Waals surface area contributed by atoms with Crippen LogP contribution < -0.4 is 10.1 Å². The van der Waals surface area contributed by atoms with Gasteiger partial charge in [-0.3, -0.25) is 0 Å². The minimum Gasteiger partial charge on any atom is -0.487 e. The second-order valence-electron chi connectivity index (χ2n) is 4.86. The van der Waals surface area contributed by atoms with Gasteiger partial charge in [0.05, 0.1) is 6.10 Å². The highest BCUT2D eigenvalue weighted by Crippen LogP contribution is 2.22. The summed E-state index contributed by atoms with van der Waals surface area (Å²) in [6.45, 7) is 6.85. The van der Waals surface area contributed by atoms with Gasteiger partial charge in [0, 0.05) is 12.7 Å². The predicted octanol–water partition coefficient (Wildman–Crippen LogP) is 3.79. The SMILES string of the molecule is Cc1ccc(CNc2ncccc2OC(C)C)cc1. The maximum Gasteiger partial charge on any atom is 0.169 e. The van der Waals surface area contributed by atoms with E-state index in [0.29, 0.717) is 0 Å². The third-order valence-electron chi connectivity index (χ3n) is 2.71. The predicted molar refractivity (Wildman–Crippen MR) is 78.5 cm³/mol. The van der Waals surface area contributed by atoms with Crippen molar-refractivity contribution in [3.63, 3.8) is 0 Å². The van der Waals surface area contributed by atoms with Gasteiger partial charge >= 0.3 is 0 Å². The molecule has 1 aromatic heterocycles. The molecule has 1 aromatic carbocycles. The van der Waals surface area contributed by atoms with Crippen LogP contribution in [0.4, 0.5) is 5.82 Å². The summed E-state index contributed by atoms with van der Waals surface area (Å²) >= 11 is 0. The first-order valence-electron chi connectivity index (χ1n) is 6.56.